The lowest BCUT2D eigenvalue weighted by Crippen LogP contribution is -1.92. The zero-order valence-corrected chi connectivity index (χ0v) is 12.0. The smallest absolute Gasteiger partial charge is 0.293 e. The summed E-state index contributed by atoms with van der Waals surface area (Å²) in [6, 6.07) is 6.16. The Morgan fingerprint density at radius 2 is 2.05 bits per heavy atom. The molecule has 20 heavy (non-hydrogen) atoms. The molecule has 0 saturated heterocycles. The summed E-state index contributed by atoms with van der Waals surface area (Å²) in [6.45, 7) is 6.13. The average molecular weight is 282 g/mol. The minimum atomic E-state index is -0.352. The van der Waals surface area contributed by atoms with Crippen LogP contribution in [0.4, 0.5) is 8.78 Å². The topological polar surface area (TPSA) is 26.3 Å². The second-order valence-electron chi connectivity index (χ2n) is 5.55. The monoisotopic (exact) mass is 282 g/mol. The number of halogens is 2. The van der Waals surface area contributed by atoms with E-state index in [1.54, 1.807) is 24.3 Å². The summed E-state index contributed by atoms with van der Waals surface area (Å²) >= 11 is 0. The van der Waals surface area contributed by atoms with Crippen molar-refractivity contribution in [2.75, 3.05) is 0 Å². The number of carbonyl (C=O) groups is 1. The van der Waals surface area contributed by atoms with E-state index >= 15 is 0 Å². The van der Waals surface area contributed by atoms with Crippen molar-refractivity contribution in [3.8, 4) is 0 Å². The molecular formula is C16H20F2O2. The van der Waals surface area contributed by atoms with Crippen molar-refractivity contribution >= 4 is 6.47 Å². The van der Waals surface area contributed by atoms with Crippen LogP contribution in [0.25, 0.3) is 0 Å². The first-order valence-corrected chi connectivity index (χ1v) is 6.49. The molecule has 1 saturated carbocycles. The van der Waals surface area contributed by atoms with E-state index in [4.69, 9.17) is 0 Å². The van der Waals surface area contributed by atoms with E-state index in [9.17, 15) is 13.6 Å². The summed E-state index contributed by atoms with van der Waals surface area (Å²) in [6.07, 6.45) is 2.87. The Balaban J connectivity index is 0.000000204. The van der Waals surface area contributed by atoms with Gasteiger partial charge in [0.15, 0.2) is 0 Å². The van der Waals surface area contributed by atoms with Gasteiger partial charge in [0.1, 0.15) is 12.4 Å². The zero-order valence-electron chi connectivity index (χ0n) is 12.0. The number of carbonyl (C=O) groups excluding carboxylic acids is 1. The summed E-state index contributed by atoms with van der Waals surface area (Å²) in [5.41, 5.74) is 0.771. The van der Waals surface area contributed by atoms with Crippen molar-refractivity contribution in [3.63, 3.8) is 0 Å². The molecule has 0 spiro atoms. The van der Waals surface area contributed by atoms with Crippen molar-refractivity contribution < 1.29 is 18.3 Å². The predicted octanol–water partition coefficient (Wildman–Crippen LogP) is 4.40. The quantitative estimate of drug-likeness (QED) is 0.765. The number of ether oxygens (including phenoxy) is 1. The first-order valence-electron chi connectivity index (χ1n) is 6.49. The fraction of sp³-hybridized carbons (Fsp3) is 0.438. The van der Waals surface area contributed by atoms with E-state index in [0.717, 1.165) is 6.42 Å². The second kappa shape index (κ2) is 7.17. The molecular weight excluding hydrogens is 262 g/mol. The van der Waals surface area contributed by atoms with Crippen molar-refractivity contribution in [1.82, 2.24) is 0 Å². The van der Waals surface area contributed by atoms with Gasteiger partial charge in [0.05, 0.1) is 5.83 Å². The van der Waals surface area contributed by atoms with Crippen molar-refractivity contribution in [2.45, 2.75) is 33.8 Å². The van der Waals surface area contributed by atoms with Gasteiger partial charge in [-0.05, 0) is 36.8 Å². The second-order valence-corrected chi connectivity index (χ2v) is 5.55. The summed E-state index contributed by atoms with van der Waals surface area (Å²) in [7, 11) is 0. The van der Waals surface area contributed by atoms with Gasteiger partial charge in [-0.2, -0.15) is 0 Å². The average Bonchev–Trinajstić information content (AvgIpc) is 2.95. The molecule has 1 atom stereocenters. The Hall–Kier alpha value is -1.71. The molecule has 1 fully saturated rings. The van der Waals surface area contributed by atoms with Gasteiger partial charge in [-0.1, -0.05) is 32.0 Å². The van der Waals surface area contributed by atoms with Crippen LogP contribution in [0.2, 0.25) is 0 Å². The van der Waals surface area contributed by atoms with E-state index in [0.29, 0.717) is 23.4 Å². The number of benzene rings is 1. The van der Waals surface area contributed by atoms with Crippen molar-refractivity contribution in [1.29, 1.82) is 0 Å². The van der Waals surface area contributed by atoms with Gasteiger partial charge in [-0.25, -0.2) is 8.78 Å². The lowest BCUT2D eigenvalue weighted by atomic mass is 10.1. The Labute approximate surface area is 118 Å². The fourth-order valence-electron chi connectivity index (χ4n) is 1.81. The lowest BCUT2D eigenvalue weighted by molar-refractivity contribution is -0.129. The van der Waals surface area contributed by atoms with E-state index < -0.39 is 0 Å². The highest BCUT2D eigenvalue weighted by Gasteiger charge is 2.43. The number of allylic oxidation sites excluding steroid dienone is 2. The van der Waals surface area contributed by atoms with Crippen LogP contribution in [0.3, 0.4) is 0 Å². The zero-order chi connectivity index (χ0) is 15.2. The molecule has 0 heterocycles. The van der Waals surface area contributed by atoms with E-state index in [1.165, 1.54) is 13.0 Å². The number of hydrogen-bond acceptors (Lipinski definition) is 2. The third-order valence-electron chi connectivity index (χ3n) is 3.29. The fourth-order valence-corrected chi connectivity index (χ4v) is 1.81. The third kappa shape index (κ3) is 5.51. The third-order valence-corrected chi connectivity index (χ3v) is 3.29. The minimum absolute atomic E-state index is 0.00380. The lowest BCUT2D eigenvalue weighted by Gasteiger charge is -1.99. The van der Waals surface area contributed by atoms with Gasteiger partial charge < -0.3 is 4.74 Å². The molecule has 110 valence electrons. The standard InChI is InChI=1S/C8H7FO2.C8H13F/c9-8-4-2-1-3-7(8)5-11-6-10;1-6(9)4-7-5-8(7,2)3/h1-4,6H,5H2;4,7H,5H2,1-3H3/b;6-4+/t;7-/m.0/s1. The van der Waals surface area contributed by atoms with E-state index in [-0.39, 0.29) is 18.3 Å². The number of rotatable bonds is 4. The Kier molecular flexibility index (Phi) is 5.86. The van der Waals surface area contributed by atoms with Crippen LogP contribution in [0.5, 0.6) is 0 Å². The Morgan fingerprint density at radius 3 is 2.45 bits per heavy atom. The van der Waals surface area contributed by atoms with Crippen LogP contribution in [0.1, 0.15) is 32.8 Å². The Bertz CT molecular complexity index is 477. The Morgan fingerprint density at radius 1 is 1.45 bits per heavy atom. The maximum Gasteiger partial charge on any atom is 0.293 e. The summed E-state index contributed by atoms with van der Waals surface area (Å²) in [4.78, 5) is 9.74. The van der Waals surface area contributed by atoms with Crippen LogP contribution in [-0.4, -0.2) is 6.47 Å². The van der Waals surface area contributed by atoms with Crippen LogP contribution in [0.15, 0.2) is 36.2 Å². The largest absolute Gasteiger partial charge is 0.463 e. The molecule has 1 aliphatic carbocycles. The van der Waals surface area contributed by atoms with Crippen LogP contribution >= 0.6 is 0 Å². The maximum atomic E-state index is 12.7. The molecule has 0 N–H and O–H groups in total. The highest BCUT2D eigenvalue weighted by molar-refractivity contribution is 5.37. The summed E-state index contributed by atoms with van der Waals surface area (Å²) in [5.74, 6) is 0.113. The van der Waals surface area contributed by atoms with Crippen molar-refractivity contribution in [2.24, 2.45) is 11.3 Å². The molecule has 0 aromatic heterocycles. The molecule has 1 aromatic carbocycles. The van der Waals surface area contributed by atoms with Gasteiger partial charge in [0.2, 0.25) is 0 Å². The molecule has 1 aromatic rings. The molecule has 2 rings (SSSR count). The summed E-state index contributed by atoms with van der Waals surface area (Å²) < 4.78 is 29.3. The first-order chi connectivity index (χ1) is 9.36. The van der Waals surface area contributed by atoms with Crippen LogP contribution in [0, 0.1) is 17.2 Å². The van der Waals surface area contributed by atoms with Gasteiger partial charge in [-0.3, -0.25) is 4.79 Å². The molecule has 0 unspecified atom stereocenters. The van der Waals surface area contributed by atoms with Gasteiger partial charge in [0, 0.05) is 5.56 Å². The molecule has 0 amide bonds. The maximum absolute atomic E-state index is 12.7. The molecule has 0 radical (unpaired) electrons. The van der Waals surface area contributed by atoms with Gasteiger partial charge in [-0.15, -0.1) is 0 Å². The summed E-state index contributed by atoms with van der Waals surface area (Å²) in [5, 5.41) is 0. The highest BCUT2D eigenvalue weighted by Crippen LogP contribution is 2.52. The predicted molar refractivity (Wildman–Crippen MR) is 74.0 cm³/mol. The molecule has 2 nitrogen and oxygen atoms in total. The normalized spacial score (nSPS) is 19.6. The van der Waals surface area contributed by atoms with E-state index in [1.807, 2.05) is 0 Å². The minimum Gasteiger partial charge on any atom is -0.463 e. The highest BCUT2D eigenvalue weighted by atomic mass is 19.1. The first kappa shape index (κ1) is 16.3. The molecule has 0 aliphatic heterocycles. The molecule has 4 heteroatoms. The van der Waals surface area contributed by atoms with Gasteiger partial charge >= 0.3 is 0 Å². The molecule has 0 bridgehead atoms. The van der Waals surface area contributed by atoms with Gasteiger partial charge in [0.25, 0.3) is 6.47 Å². The molecule has 1 aliphatic rings. The van der Waals surface area contributed by atoms with Crippen LogP contribution < -0.4 is 0 Å². The number of hydrogen-bond donors (Lipinski definition) is 0. The van der Waals surface area contributed by atoms with Crippen LogP contribution in [-0.2, 0) is 16.1 Å². The SMILES string of the molecule is C/C(F)=C\[C@H]1CC1(C)C.O=COCc1ccccc1F. The van der Waals surface area contributed by atoms with E-state index in [2.05, 4.69) is 18.6 Å². The van der Waals surface area contributed by atoms with Crippen molar-refractivity contribution in [3.05, 3.63) is 47.5 Å².